The summed E-state index contributed by atoms with van der Waals surface area (Å²) in [6, 6.07) is -0.411. The summed E-state index contributed by atoms with van der Waals surface area (Å²) in [7, 11) is 1.36. The first kappa shape index (κ1) is 8.79. The molecule has 0 aromatic heterocycles. The van der Waals surface area contributed by atoms with E-state index in [2.05, 4.69) is 10.7 Å². The van der Waals surface area contributed by atoms with Gasteiger partial charge in [-0.3, -0.25) is 4.79 Å². The first-order valence-corrected chi connectivity index (χ1v) is 3.62. The molecule has 6 heteroatoms. The van der Waals surface area contributed by atoms with Gasteiger partial charge < -0.3 is 10.4 Å². The fourth-order valence-electron chi connectivity index (χ4n) is 1.01. The maximum absolute atomic E-state index is 10.9. The summed E-state index contributed by atoms with van der Waals surface area (Å²) in [5.74, 6) is -0.150. The van der Waals surface area contributed by atoms with Crippen molar-refractivity contribution in [2.24, 2.45) is 0 Å². The van der Waals surface area contributed by atoms with E-state index in [1.807, 2.05) is 0 Å². The summed E-state index contributed by atoms with van der Waals surface area (Å²) in [6.45, 7) is 0.601. The van der Waals surface area contributed by atoms with Crippen LogP contribution >= 0.6 is 0 Å². The molecule has 6 nitrogen and oxygen atoms in total. The molecule has 1 rings (SSSR count). The number of carbonyl (C=O) groups excluding carboxylic acids is 1. The molecule has 1 unspecified atom stereocenters. The van der Waals surface area contributed by atoms with Gasteiger partial charge in [-0.25, -0.2) is 15.2 Å². The van der Waals surface area contributed by atoms with Crippen LogP contribution < -0.4 is 10.7 Å². The molecule has 1 heterocycles. The van der Waals surface area contributed by atoms with Crippen LogP contribution in [0.15, 0.2) is 0 Å². The van der Waals surface area contributed by atoms with Gasteiger partial charge in [-0.2, -0.15) is 0 Å². The first-order valence-electron chi connectivity index (χ1n) is 3.62. The maximum Gasteiger partial charge on any atom is 0.421 e. The third kappa shape index (κ3) is 1.85. The number of hydrogen-bond acceptors (Lipinski definition) is 3. The second-order valence-corrected chi connectivity index (χ2v) is 2.60. The van der Waals surface area contributed by atoms with E-state index in [1.165, 1.54) is 7.05 Å². The Kier molecular flexibility index (Phi) is 2.49. The van der Waals surface area contributed by atoms with Gasteiger partial charge in [0.1, 0.15) is 6.04 Å². The minimum Gasteiger partial charge on any atom is -0.464 e. The summed E-state index contributed by atoms with van der Waals surface area (Å²) in [4.78, 5) is 21.3. The van der Waals surface area contributed by atoms with Crippen LogP contribution in [0.2, 0.25) is 0 Å². The van der Waals surface area contributed by atoms with Crippen LogP contribution in [0.5, 0.6) is 0 Å². The maximum atomic E-state index is 10.9. The van der Waals surface area contributed by atoms with Gasteiger partial charge in [0.2, 0.25) is 5.91 Å². The van der Waals surface area contributed by atoms with Crippen molar-refractivity contribution < 1.29 is 14.7 Å². The predicted octanol–water partition coefficient (Wildman–Crippen LogP) is -1.01. The van der Waals surface area contributed by atoms with E-state index in [9.17, 15) is 9.59 Å². The SMILES string of the molecule is CN(NC1CCNC1=O)C(=O)O. The normalized spacial score (nSPS) is 22.1. The van der Waals surface area contributed by atoms with Crippen LogP contribution in [0.25, 0.3) is 0 Å². The number of nitrogens with zero attached hydrogens (tertiary/aromatic N) is 1. The molecule has 0 radical (unpaired) electrons. The van der Waals surface area contributed by atoms with E-state index in [1.54, 1.807) is 0 Å². The van der Waals surface area contributed by atoms with Crippen LogP contribution in [-0.4, -0.2) is 41.8 Å². The molecule has 68 valence electrons. The van der Waals surface area contributed by atoms with Crippen molar-refractivity contribution in [1.82, 2.24) is 15.8 Å². The van der Waals surface area contributed by atoms with E-state index in [4.69, 9.17) is 5.11 Å². The molecule has 2 amide bonds. The Bertz CT molecular complexity index is 206. The number of hydrazine groups is 1. The van der Waals surface area contributed by atoms with Crippen LogP contribution in [0.3, 0.4) is 0 Å². The van der Waals surface area contributed by atoms with Crippen molar-refractivity contribution in [2.75, 3.05) is 13.6 Å². The van der Waals surface area contributed by atoms with Gasteiger partial charge in [0, 0.05) is 13.6 Å². The van der Waals surface area contributed by atoms with Gasteiger partial charge in [0.15, 0.2) is 0 Å². The largest absolute Gasteiger partial charge is 0.464 e. The average Bonchev–Trinajstić information content (AvgIpc) is 2.36. The van der Waals surface area contributed by atoms with Crippen LogP contribution in [0.4, 0.5) is 4.79 Å². The topological polar surface area (TPSA) is 81.7 Å². The molecule has 1 atom stereocenters. The van der Waals surface area contributed by atoms with Gasteiger partial charge in [-0.05, 0) is 6.42 Å². The predicted molar refractivity (Wildman–Crippen MR) is 40.3 cm³/mol. The first-order chi connectivity index (χ1) is 5.61. The molecule has 0 aromatic rings. The Morgan fingerprint density at radius 2 is 2.50 bits per heavy atom. The molecule has 1 saturated heterocycles. The molecule has 0 aromatic carbocycles. The Morgan fingerprint density at radius 3 is 2.92 bits per heavy atom. The number of carboxylic acid groups (broad SMARTS) is 1. The number of rotatable bonds is 2. The van der Waals surface area contributed by atoms with E-state index >= 15 is 0 Å². The van der Waals surface area contributed by atoms with Gasteiger partial charge in [-0.15, -0.1) is 0 Å². The highest BCUT2D eigenvalue weighted by Gasteiger charge is 2.25. The van der Waals surface area contributed by atoms with E-state index in [0.29, 0.717) is 13.0 Å². The average molecular weight is 173 g/mol. The van der Waals surface area contributed by atoms with E-state index in [0.717, 1.165) is 5.01 Å². The number of nitrogens with one attached hydrogen (secondary N) is 2. The molecule has 1 fully saturated rings. The van der Waals surface area contributed by atoms with Crippen molar-refractivity contribution >= 4 is 12.0 Å². The Morgan fingerprint density at radius 1 is 1.83 bits per heavy atom. The van der Waals surface area contributed by atoms with Crippen molar-refractivity contribution in [2.45, 2.75) is 12.5 Å². The van der Waals surface area contributed by atoms with Crippen molar-refractivity contribution in [3.8, 4) is 0 Å². The molecule has 3 N–H and O–H groups in total. The highest BCUT2D eigenvalue weighted by molar-refractivity contribution is 5.83. The molecule has 1 aliphatic rings. The highest BCUT2D eigenvalue weighted by Crippen LogP contribution is 1.99. The lowest BCUT2D eigenvalue weighted by Crippen LogP contribution is -2.48. The van der Waals surface area contributed by atoms with E-state index in [-0.39, 0.29) is 5.91 Å². The van der Waals surface area contributed by atoms with E-state index < -0.39 is 12.1 Å². The van der Waals surface area contributed by atoms with Gasteiger partial charge >= 0.3 is 6.09 Å². The second kappa shape index (κ2) is 3.40. The lowest BCUT2D eigenvalue weighted by molar-refractivity contribution is -0.121. The zero-order valence-electron chi connectivity index (χ0n) is 6.70. The third-order valence-corrected chi connectivity index (χ3v) is 1.69. The van der Waals surface area contributed by atoms with Gasteiger partial charge in [0.05, 0.1) is 0 Å². The Labute approximate surface area is 69.5 Å². The lowest BCUT2D eigenvalue weighted by Gasteiger charge is -2.17. The van der Waals surface area contributed by atoms with Crippen molar-refractivity contribution in [1.29, 1.82) is 0 Å². The standard InChI is InChI=1S/C6H11N3O3/c1-9(6(11)12)8-4-2-3-7-5(4)10/h4,8H,2-3H2,1H3,(H,7,10)(H,11,12). The van der Waals surface area contributed by atoms with Crippen molar-refractivity contribution in [3.05, 3.63) is 0 Å². The molecule has 12 heavy (non-hydrogen) atoms. The minimum atomic E-state index is -1.10. The summed E-state index contributed by atoms with van der Waals surface area (Å²) in [6.07, 6.45) is -0.481. The third-order valence-electron chi connectivity index (χ3n) is 1.69. The second-order valence-electron chi connectivity index (χ2n) is 2.60. The molecule has 0 aliphatic carbocycles. The molecule has 0 saturated carbocycles. The number of carbonyl (C=O) groups is 2. The molecule has 0 bridgehead atoms. The quantitative estimate of drug-likeness (QED) is 0.467. The minimum absolute atomic E-state index is 0.150. The number of hydrogen-bond donors (Lipinski definition) is 3. The molecule has 0 spiro atoms. The zero-order valence-corrected chi connectivity index (χ0v) is 6.70. The van der Waals surface area contributed by atoms with Crippen molar-refractivity contribution in [3.63, 3.8) is 0 Å². The molecular weight excluding hydrogens is 162 g/mol. The highest BCUT2D eigenvalue weighted by atomic mass is 16.4. The molecular formula is C6H11N3O3. The fourth-order valence-corrected chi connectivity index (χ4v) is 1.01. The fraction of sp³-hybridized carbons (Fsp3) is 0.667. The van der Waals surface area contributed by atoms with Crippen LogP contribution in [-0.2, 0) is 4.79 Å². The molecule has 1 aliphatic heterocycles. The summed E-state index contributed by atoms with van der Waals surface area (Å²) in [5.41, 5.74) is 2.55. The summed E-state index contributed by atoms with van der Waals surface area (Å²) < 4.78 is 0. The Hall–Kier alpha value is -1.30. The lowest BCUT2D eigenvalue weighted by atomic mass is 10.3. The summed E-state index contributed by atoms with van der Waals surface area (Å²) in [5, 5.41) is 11.9. The zero-order chi connectivity index (χ0) is 9.14. The van der Waals surface area contributed by atoms with Crippen LogP contribution in [0, 0.1) is 0 Å². The monoisotopic (exact) mass is 173 g/mol. The Balaban J connectivity index is 2.40. The van der Waals surface area contributed by atoms with Gasteiger partial charge in [0.25, 0.3) is 0 Å². The van der Waals surface area contributed by atoms with Crippen LogP contribution in [0.1, 0.15) is 6.42 Å². The van der Waals surface area contributed by atoms with Gasteiger partial charge in [-0.1, -0.05) is 0 Å². The number of amides is 2. The summed E-state index contributed by atoms with van der Waals surface area (Å²) >= 11 is 0. The smallest absolute Gasteiger partial charge is 0.421 e.